The topological polar surface area (TPSA) is 98.9 Å². The van der Waals surface area contributed by atoms with E-state index < -0.39 is 21.9 Å². The molecule has 0 spiro atoms. The van der Waals surface area contributed by atoms with E-state index in [1.165, 1.54) is 4.90 Å². The quantitative estimate of drug-likeness (QED) is 0.605. The number of carbonyl (C=O) groups is 1. The standard InChI is InChI=1S/C7H9FN4O3S2/c8-17(14,15)3-4-1-5(13)12(2-4)6-9-7(16)11-10-6/h4H,1-3H2,(H2,9,10,11,16). The summed E-state index contributed by atoms with van der Waals surface area (Å²) in [6.45, 7) is 0.109. The summed E-state index contributed by atoms with van der Waals surface area (Å²) in [4.78, 5) is 16.7. The second-order valence-electron chi connectivity index (χ2n) is 3.77. The molecule has 2 heterocycles. The van der Waals surface area contributed by atoms with E-state index >= 15 is 0 Å². The van der Waals surface area contributed by atoms with Crippen molar-refractivity contribution < 1.29 is 17.1 Å². The number of rotatable bonds is 3. The monoisotopic (exact) mass is 280 g/mol. The van der Waals surface area contributed by atoms with Gasteiger partial charge in [0.05, 0.1) is 5.75 Å². The van der Waals surface area contributed by atoms with Gasteiger partial charge in [0.15, 0.2) is 0 Å². The molecule has 1 aromatic rings. The second kappa shape index (κ2) is 4.18. The third-order valence-electron chi connectivity index (χ3n) is 2.38. The van der Waals surface area contributed by atoms with Crippen molar-refractivity contribution in [3.63, 3.8) is 0 Å². The number of aromatic amines is 2. The second-order valence-corrected chi connectivity index (χ2v) is 5.57. The number of nitrogens with one attached hydrogen (secondary N) is 2. The zero-order chi connectivity index (χ0) is 12.6. The van der Waals surface area contributed by atoms with E-state index in [2.05, 4.69) is 15.2 Å². The van der Waals surface area contributed by atoms with Crippen LogP contribution < -0.4 is 4.90 Å². The Morgan fingerprint density at radius 2 is 2.24 bits per heavy atom. The van der Waals surface area contributed by atoms with Crippen LogP contribution >= 0.6 is 12.2 Å². The summed E-state index contributed by atoms with van der Waals surface area (Å²) in [7, 11) is -4.57. The fraction of sp³-hybridized carbons (Fsp3) is 0.571. The number of nitrogens with zero attached hydrogens (tertiary/aromatic N) is 2. The van der Waals surface area contributed by atoms with Gasteiger partial charge in [-0.25, -0.2) is 0 Å². The Hall–Kier alpha value is -1.29. The summed E-state index contributed by atoms with van der Waals surface area (Å²) in [6, 6.07) is 0. The summed E-state index contributed by atoms with van der Waals surface area (Å²) in [5.74, 6) is -1.30. The highest BCUT2D eigenvalue weighted by molar-refractivity contribution is 7.86. The third kappa shape index (κ3) is 2.88. The lowest BCUT2D eigenvalue weighted by Crippen LogP contribution is -2.26. The Labute approximate surface area is 101 Å². The van der Waals surface area contributed by atoms with Gasteiger partial charge in [-0.05, 0) is 12.2 Å². The SMILES string of the molecule is O=C1CC(CS(=O)(=O)F)CN1c1nc(=S)[nH][nH]1. The highest BCUT2D eigenvalue weighted by Gasteiger charge is 2.34. The van der Waals surface area contributed by atoms with Crippen LogP contribution in [0.3, 0.4) is 0 Å². The van der Waals surface area contributed by atoms with Crippen molar-refractivity contribution in [2.45, 2.75) is 6.42 Å². The first kappa shape index (κ1) is 12.2. The number of anilines is 1. The Balaban J connectivity index is 2.13. The Morgan fingerprint density at radius 3 is 2.76 bits per heavy atom. The zero-order valence-corrected chi connectivity index (χ0v) is 10.1. The molecule has 10 heteroatoms. The van der Waals surface area contributed by atoms with E-state index in [0.29, 0.717) is 0 Å². The molecule has 2 rings (SSSR count). The molecule has 0 bridgehead atoms. The lowest BCUT2D eigenvalue weighted by atomic mass is 10.1. The molecule has 0 aromatic carbocycles. The molecule has 0 radical (unpaired) electrons. The molecule has 1 aliphatic rings. The van der Waals surface area contributed by atoms with Crippen molar-refractivity contribution in [3.8, 4) is 0 Å². The van der Waals surface area contributed by atoms with Crippen LogP contribution in [0, 0.1) is 10.7 Å². The number of H-pyrrole nitrogens is 2. The van der Waals surface area contributed by atoms with E-state index in [9.17, 15) is 17.1 Å². The molecule has 0 saturated carbocycles. The third-order valence-corrected chi connectivity index (χ3v) is 3.45. The molecule has 7 nitrogen and oxygen atoms in total. The number of halogens is 1. The highest BCUT2D eigenvalue weighted by atomic mass is 32.3. The normalized spacial score (nSPS) is 21.1. The zero-order valence-electron chi connectivity index (χ0n) is 8.51. The minimum absolute atomic E-state index is 0.0173. The largest absolute Gasteiger partial charge is 0.302 e. The van der Waals surface area contributed by atoms with Crippen molar-refractivity contribution in [1.29, 1.82) is 0 Å². The number of carbonyl (C=O) groups excluding carboxylic acids is 1. The molecule has 1 atom stereocenters. The van der Waals surface area contributed by atoms with Crippen LogP contribution in [0.25, 0.3) is 0 Å². The Kier molecular flexibility index (Phi) is 3.00. The summed E-state index contributed by atoms with van der Waals surface area (Å²) in [5, 5.41) is 5.10. The molecule has 1 aliphatic heterocycles. The smallest absolute Gasteiger partial charge is 0.281 e. The lowest BCUT2D eigenvalue weighted by Gasteiger charge is -2.11. The Bertz CT molecular complexity index is 592. The highest BCUT2D eigenvalue weighted by Crippen LogP contribution is 2.23. The summed E-state index contributed by atoms with van der Waals surface area (Å²) in [6.07, 6.45) is -0.0173. The molecular weight excluding hydrogens is 271 g/mol. The lowest BCUT2D eigenvalue weighted by molar-refractivity contribution is -0.117. The average Bonchev–Trinajstić information content (AvgIpc) is 2.70. The minimum Gasteiger partial charge on any atom is -0.281 e. The maximum Gasteiger partial charge on any atom is 0.302 e. The van der Waals surface area contributed by atoms with Gasteiger partial charge in [0, 0.05) is 18.9 Å². The van der Waals surface area contributed by atoms with Gasteiger partial charge < -0.3 is 0 Å². The van der Waals surface area contributed by atoms with E-state index in [1.807, 2.05) is 0 Å². The first-order chi connectivity index (χ1) is 7.85. The first-order valence-electron chi connectivity index (χ1n) is 4.72. The number of hydrogen-bond donors (Lipinski definition) is 2. The molecule has 94 valence electrons. The molecule has 1 fully saturated rings. The summed E-state index contributed by atoms with van der Waals surface area (Å²) >= 11 is 4.73. The van der Waals surface area contributed by atoms with E-state index in [0.717, 1.165) is 0 Å². The molecule has 17 heavy (non-hydrogen) atoms. The molecule has 1 amide bonds. The van der Waals surface area contributed by atoms with Gasteiger partial charge in [0.1, 0.15) is 0 Å². The number of aromatic nitrogens is 3. The van der Waals surface area contributed by atoms with Crippen LogP contribution in [0.5, 0.6) is 0 Å². The first-order valence-corrected chi connectivity index (χ1v) is 6.68. The van der Waals surface area contributed by atoms with Crippen molar-refractivity contribution in [2.24, 2.45) is 5.92 Å². The molecule has 1 aromatic heterocycles. The van der Waals surface area contributed by atoms with Gasteiger partial charge in [0.2, 0.25) is 16.6 Å². The number of amides is 1. The van der Waals surface area contributed by atoms with Crippen molar-refractivity contribution in [1.82, 2.24) is 15.2 Å². The molecule has 1 unspecified atom stereocenters. The van der Waals surface area contributed by atoms with Gasteiger partial charge in [-0.3, -0.25) is 19.9 Å². The summed E-state index contributed by atoms with van der Waals surface area (Å²) in [5.41, 5.74) is 0. The van der Waals surface area contributed by atoms with Crippen LogP contribution in [0.4, 0.5) is 9.83 Å². The minimum atomic E-state index is -4.57. The van der Waals surface area contributed by atoms with Crippen LogP contribution in [0.2, 0.25) is 0 Å². The van der Waals surface area contributed by atoms with Gasteiger partial charge in [0.25, 0.3) is 0 Å². The van der Waals surface area contributed by atoms with Crippen molar-refractivity contribution in [3.05, 3.63) is 4.77 Å². The van der Waals surface area contributed by atoms with Crippen LogP contribution in [-0.2, 0) is 15.0 Å². The maximum absolute atomic E-state index is 12.5. The molecule has 0 aliphatic carbocycles. The van der Waals surface area contributed by atoms with Gasteiger partial charge >= 0.3 is 10.2 Å². The van der Waals surface area contributed by atoms with Gasteiger partial charge in [-0.15, -0.1) is 3.89 Å². The average molecular weight is 280 g/mol. The molecule has 1 saturated heterocycles. The van der Waals surface area contributed by atoms with Crippen LogP contribution in [-0.4, -0.2) is 41.8 Å². The van der Waals surface area contributed by atoms with Crippen LogP contribution in [0.15, 0.2) is 0 Å². The maximum atomic E-state index is 12.5. The van der Waals surface area contributed by atoms with Crippen molar-refractivity contribution in [2.75, 3.05) is 17.2 Å². The fourth-order valence-corrected chi connectivity index (χ4v) is 2.69. The van der Waals surface area contributed by atoms with E-state index in [1.54, 1.807) is 0 Å². The molecular formula is C7H9FN4O3S2. The van der Waals surface area contributed by atoms with Crippen LogP contribution in [0.1, 0.15) is 6.42 Å². The fourth-order valence-electron chi connectivity index (χ4n) is 1.77. The van der Waals surface area contributed by atoms with E-state index in [-0.39, 0.29) is 29.6 Å². The van der Waals surface area contributed by atoms with Gasteiger partial charge in [-0.1, -0.05) is 0 Å². The Morgan fingerprint density at radius 1 is 1.53 bits per heavy atom. The molecule has 2 N–H and O–H groups in total. The van der Waals surface area contributed by atoms with Gasteiger partial charge in [-0.2, -0.15) is 13.4 Å². The summed E-state index contributed by atoms with van der Waals surface area (Å²) < 4.78 is 33.7. The number of hydrogen-bond acceptors (Lipinski definition) is 5. The van der Waals surface area contributed by atoms with Crippen molar-refractivity contribution >= 4 is 34.3 Å². The predicted molar refractivity (Wildman–Crippen MR) is 59.1 cm³/mol. The van der Waals surface area contributed by atoms with E-state index in [4.69, 9.17) is 12.2 Å². The predicted octanol–water partition coefficient (Wildman–Crippen LogP) is 0.119.